The van der Waals surface area contributed by atoms with Crippen molar-refractivity contribution in [3.63, 3.8) is 0 Å². The Bertz CT molecular complexity index is 1200. The maximum Gasteiger partial charge on any atom is 0.239 e. The Morgan fingerprint density at radius 1 is 0.939 bits per heavy atom. The number of aromatic nitrogens is 2. The molecule has 168 valence electrons. The van der Waals surface area contributed by atoms with Gasteiger partial charge in [-0.15, -0.1) is 0 Å². The van der Waals surface area contributed by atoms with Crippen molar-refractivity contribution < 1.29 is 9.53 Å². The van der Waals surface area contributed by atoms with Gasteiger partial charge in [-0.25, -0.2) is 4.68 Å². The number of aryl methyl sites for hydroxylation is 2. The number of carbonyl (C=O) groups excluding carboxylic acids is 1. The zero-order valence-electron chi connectivity index (χ0n) is 19.1. The van der Waals surface area contributed by atoms with Crippen LogP contribution in [0.4, 0.5) is 5.82 Å². The van der Waals surface area contributed by atoms with Gasteiger partial charge in [0.1, 0.15) is 11.6 Å². The van der Waals surface area contributed by atoms with Crippen molar-refractivity contribution in [3.8, 4) is 11.4 Å². The molecule has 6 nitrogen and oxygen atoms in total. The van der Waals surface area contributed by atoms with Crippen molar-refractivity contribution in [3.05, 3.63) is 107 Å². The fraction of sp³-hybridized carbons (Fsp3) is 0.185. The maximum absolute atomic E-state index is 12.9. The van der Waals surface area contributed by atoms with Crippen molar-refractivity contribution in [2.45, 2.75) is 19.9 Å². The number of methoxy groups -OCH3 is 1. The van der Waals surface area contributed by atoms with Crippen LogP contribution in [0.25, 0.3) is 5.69 Å². The molecular weight excluding hydrogens is 412 g/mol. The number of carbonyl (C=O) groups is 1. The van der Waals surface area contributed by atoms with Crippen molar-refractivity contribution in [1.29, 1.82) is 0 Å². The van der Waals surface area contributed by atoms with Gasteiger partial charge in [0.05, 0.1) is 31.1 Å². The summed E-state index contributed by atoms with van der Waals surface area (Å²) in [5.74, 6) is 1.30. The second kappa shape index (κ2) is 10.1. The summed E-state index contributed by atoms with van der Waals surface area (Å²) in [5.41, 5.74) is 5.03. The molecule has 1 amide bonds. The molecule has 4 rings (SSSR count). The van der Waals surface area contributed by atoms with Crippen LogP contribution in [0, 0.1) is 13.8 Å². The van der Waals surface area contributed by atoms with Gasteiger partial charge in [0, 0.05) is 6.07 Å². The predicted octanol–water partition coefficient (Wildman–Crippen LogP) is 4.82. The average molecular weight is 441 g/mol. The van der Waals surface area contributed by atoms with Crippen LogP contribution in [0.2, 0.25) is 0 Å². The first kappa shape index (κ1) is 22.3. The van der Waals surface area contributed by atoms with Gasteiger partial charge in [0.15, 0.2) is 0 Å². The lowest BCUT2D eigenvalue weighted by Crippen LogP contribution is -2.32. The third-order valence-corrected chi connectivity index (χ3v) is 5.43. The van der Waals surface area contributed by atoms with E-state index in [2.05, 4.69) is 27.9 Å². The largest absolute Gasteiger partial charge is 0.497 e. The highest BCUT2D eigenvalue weighted by atomic mass is 16.5. The van der Waals surface area contributed by atoms with Gasteiger partial charge < -0.3 is 10.1 Å². The summed E-state index contributed by atoms with van der Waals surface area (Å²) in [6.07, 6.45) is 0. The molecule has 1 atom stereocenters. The Morgan fingerprint density at radius 2 is 1.61 bits per heavy atom. The van der Waals surface area contributed by atoms with Crippen molar-refractivity contribution in [2.75, 3.05) is 19.0 Å². The molecule has 3 aromatic carbocycles. The third kappa shape index (κ3) is 5.48. The lowest BCUT2D eigenvalue weighted by atomic mass is 9.98. The van der Waals surface area contributed by atoms with E-state index in [1.165, 1.54) is 5.56 Å². The highest BCUT2D eigenvalue weighted by Crippen LogP contribution is 2.24. The summed E-state index contributed by atoms with van der Waals surface area (Å²) in [6.45, 7) is 4.09. The van der Waals surface area contributed by atoms with Crippen molar-refractivity contribution in [1.82, 2.24) is 15.1 Å². The second-order valence-corrected chi connectivity index (χ2v) is 7.96. The maximum atomic E-state index is 12.9. The van der Waals surface area contributed by atoms with Gasteiger partial charge in [0.25, 0.3) is 0 Å². The van der Waals surface area contributed by atoms with Gasteiger partial charge in [-0.1, -0.05) is 60.2 Å². The van der Waals surface area contributed by atoms with Crippen LogP contribution in [-0.2, 0) is 4.79 Å². The zero-order valence-corrected chi connectivity index (χ0v) is 19.1. The number of anilines is 1. The molecular formula is C27H28N4O2. The molecule has 0 radical (unpaired) electrons. The molecule has 0 spiro atoms. The fourth-order valence-electron chi connectivity index (χ4n) is 3.72. The van der Waals surface area contributed by atoms with E-state index in [1.807, 2.05) is 86.6 Å². The summed E-state index contributed by atoms with van der Waals surface area (Å²) in [6, 6.07) is 27.7. The number of hydrogen-bond acceptors (Lipinski definition) is 4. The molecule has 0 aliphatic rings. The summed E-state index contributed by atoms with van der Waals surface area (Å²) >= 11 is 0. The molecule has 6 heteroatoms. The van der Waals surface area contributed by atoms with Crippen molar-refractivity contribution >= 4 is 11.7 Å². The number of benzene rings is 3. The molecule has 4 aromatic rings. The highest BCUT2D eigenvalue weighted by Gasteiger charge is 2.17. The minimum atomic E-state index is -0.141. The number of nitrogens with one attached hydrogen (secondary N) is 2. The number of ether oxygens (including phenoxy) is 1. The molecule has 33 heavy (non-hydrogen) atoms. The number of nitrogens with zero attached hydrogens (tertiary/aromatic N) is 2. The third-order valence-electron chi connectivity index (χ3n) is 5.43. The Morgan fingerprint density at radius 3 is 2.27 bits per heavy atom. The summed E-state index contributed by atoms with van der Waals surface area (Å²) in [5, 5.41) is 10.9. The van der Waals surface area contributed by atoms with Crippen LogP contribution >= 0.6 is 0 Å². The van der Waals surface area contributed by atoms with Crippen LogP contribution < -0.4 is 15.4 Å². The molecule has 0 aliphatic carbocycles. The average Bonchev–Trinajstić information content (AvgIpc) is 3.20. The van der Waals surface area contributed by atoms with Gasteiger partial charge >= 0.3 is 0 Å². The van der Waals surface area contributed by atoms with E-state index in [9.17, 15) is 4.79 Å². The Labute approximate surface area is 194 Å². The molecule has 0 saturated carbocycles. The van der Waals surface area contributed by atoms with Crippen molar-refractivity contribution in [2.24, 2.45) is 0 Å². The van der Waals surface area contributed by atoms with E-state index < -0.39 is 0 Å². The van der Waals surface area contributed by atoms with E-state index >= 15 is 0 Å². The first-order valence-electron chi connectivity index (χ1n) is 10.9. The van der Waals surface area contributed by atoms with Crippen LogP contribution in [0.5, 0.6) is 5.75 Å². The van der Waals surface area contributed by atoms with Crippen LogP contribution in [0.15, 0.2) is 84.9 Å². The summed E-state index contributed by atoms with van der Waals surface area (Å²) in [7, 11) is 1.65. The van der Waals surface area contributed by atoms with Gasteiger partial charge in [-0.05, 0) is 49.2 Å². The minimum Gasteiger partial charge on any atom is -0.497 e. The van der Waals surface area contributed by atoms with Gasteiger partial charge in [-0.3, -0.25) is 10.1 Å². The smallest absolute Gasteiger partial charge is 0.239 e. The van der Waals surface area contributed by atoms with Gasteiger partial charge in [0.2, 0.25) is 5.91 Å². The molecule has 1 heterocycles. The molecule has 0 aliphatic heterocycles. The SMILES string of the molecule is COc1ccc([C@H](NCC(=O)Nc2cc(C)nn2-c2ccc(C)cc2)c2ccccc2)cc1. The zero-order chi connectivity index (χ0) is 23.2. The Kier molecular flexibility index (Phi) is 6.86. The molecule has 0 unspecified atom stereocenters. The van der Waals surface area contributed by atoms with Crippen LogP contribution in [-0.4, -0.2) is 29.3 Å². The first-order valence-corrected chi connectivity index (χ1v) is 10.9. The van der Waals surface area contributed by atoms with E-state index in [-0.39, 0.29) is 18.5 Å². The predicted molar refractivity (Wildman–Crippen MR) is 131 cm³/mol. The van der Waals surface area contributed by atoms with Crippen LogP contribution in [0.1, 0.15) is 28.4 Å². The number of amides is 1. The molecule has 1 aromatic heterocycles. The lowest BCUT2D eigenvalue weighted by Gasteiger charge is -2.20. The normalized spacial score (nSPS) is 11.7. The van der Waals surface area contributed by atoms with Gasteiger partial charge in [-0.2, -0.15) is 5.10 Å². The van der Waals surface area contributed by atoms with E-state index in [0.717, 1.165) is 28.3 Å². The molecule has 0 fully saturated rings. The fourth-order valence-corrected chi connectivity index (χ4v) is 3.72. The van der Waals surface area contributed by atoms with E-state index in [1.54, 1.807) is 11.8 Å². The molecule has 2 N–H and O–H groups in total. The Hall–Kier alpha value is -3.90. The Balaban J connectivity index is 1.50. The van der Waals surface area contributed by atoms with Crippen LogP contribution in [0.3, 0.4) is 0 Å². The highest BCUT2D eigenvalue weighted by molar-refractivity contribution is 5.91. The van der Waals surface area contributed by atoms with E-state index in [4.69, 9.17) is 4.74 Å². The molecule has 0 saturated heterocycles. The number of rotatable bonds is 8. The standard InChI is InChI=1S/C27H28N4O2/c1-19-9-13-23(14-10-19)31-25(17-20(2)30-31)29-26(32)18-28-27(21-7-5-4-6-8-21)22-11-15-24(33-3)16-12-22/h4-17,27-28H,18H2,1-3H3,(H,29,32)/t27-/m1/s1. The quantitative estimate of drug-likeness (QED) is 0.412. The first-order chi connectivity index (χ1) is 16.0. The summed E-state index contributed by atoms with van der Waals surface area (Å²) < 4.78 is 7.04. The second-order valence-electron chi connectivity index (χ2n) is 7.96. The topological polar surface area (TPSA) is 68.2 Å². The summed E-state index contributed by atoms with van der Waals surface area (Å²) in [4.78, 5) is 12.9. The minimum absolute atomic E-state index is 0.133. The van der Waals surface area contributed by atoms with E-state index in [0.29, 0.717) is 5.82 Å². The monoisotopic (exact) mass is 440 g/mol. The molecule has 0 bridgehead atoms. The lowest BCUT2D eigenvalue weighted by molar-refractivity contribution is -0.115. The number of hydrogen-bond donors (Lipinski definition) is 2.